The van der Waals surface area contributed by atoms with Gasteiger partial charge < -0.3 is 10.6 Å². The second-order valence-electron chi connectivity index (χ2n) is 5.65. The number of aromatic nitrogens is 1. The molecule has 1 aliphatic rings. The maximum atomic E-state index is 12.4. The smallest absolute Gasteiger partial charge is 0.255 e. The summed E-state index contributed by atoms with van der Waals surface area (Å²) in [5.41, 5.74) is 2.47. The van der Waals surface area contributed by atoms with Gasteiger partial charge in [-0.25, -0.2) is 0 Å². The summed E-state index contributed by atoms with van der Waals surface area (Å²) < 4.78 is 0. The number of carbonyl (C=O) groups excluding carboxylic acids is 1. The number of amides is 1. The summed E-state index contributed by atoms with van der Waals surface area (Å²) in [4.78, 5) is 16.9. The zero-order valence-electron chi connectivity index (χ0n) is 12.6. The van der Waals surface area contributed by atoms with Crippen molar-refractivity contribution in [3.05, 3.63) is 59.9 Å². The first-order valence-corrected chi connectivity index (χ1v) is 7.86. The van der Waals surface area contributed by atoms with Crippen LogP contribution in [0.15, 0.2) is 48.7 Å². The second-order valence-corrected chi connectivity index (χ2v) is 5.65. The topological polar surface area (TPSA) is 54.0 Å². The Labute approximate surface area is 131 Å². The van der Waals surface area contributed by atoms with Gasteiger partial charge in [0.2, 0.25) is 0 Å². The van der Waals surface area contributed by atoms with Gasteiger partial charge in [-0.15, -0.1) is 0 Å². The summed E-state index contributed by atoms with van der Waals surface area (Å²) >= 11 is 0. The molecule has 1 amide bonds. The molecule has 1 atom stereocenters. The summed E-state index contributed by atoms with van der Waals surface area (Å²) in [6, 6.07) is 13.1. The zero-order chi connectivity index (χ0) is 15.2. The molecule has 1 aliphatic heterocycles. The lowest BCUT2D eigenvalue weighted by Gasteiger charge is -2.18. The van der Waals surface area contributed by atoms with E-state index in [9.17, 15) is 4.79 Å². The van der Waals surface area contributed by atoms with Crippen LogP contribution in [0.25, 0.3) is 0 Å². The molecule has 0 saturated carbocycles. The van der Waals surface area contributed by atoms with E-state index >= 15 is 0 Å². The van der Waals surface area contributed by atoms with E-state index in [-0.39, 0.29) is 5.91 Å². The van der Waals surface area contributed by atoms with E-state index in [1.807, 2.05) is 42.5 Å². The quantitative estimate of drug-likeness (QED) is 0.914. The van der Waals surface area contributed by atoms with Crippen LogP contribution in [0.1, 0.15) is 41.2 Å². The number of rotatable bonds is 3. The Bertz CT molecular complexity index is 619. The maximum absolute atomic E-state index is 12.4. The second kappa shape index (κ2) is 7.18. The first kappa shape index (κ1) is 14.7. The third-order valence-corrected chi connectivity index (χ3v) is 4.06. The summed E-state index contributed by atoms with van der Waals surface area (Å²) in [6.45, 7) is 1.99. The summed E-state index contributed by atoms with van der Waals surface area (Å²) in [7, 11) is 0. The Hall–Kier alpha value is -2.20. The Kier molecular flexibility index (Phi) is 4.81. The number of hydrogen-bond donors (Lipinski definition) is 2. The van der Waals surface area contributed by atoms with Crippen LogP contribution in [0.4, 0.5) is 5.69 Å². The van der Waals surface area contributed by atoms with Crippen molar-refractivity contribution in [2.45, 2.75) is 25.2 Å². The number of anilines is 1. The fraction of sp³-hybridized carbons (Fsp3) is 0.333. The molecule has 4 nitrogen and oxygen atoms in total. The van der Waals surface area contributed by atoms with Gasteiger partial charge in [-0.05, 0) is 43.7 Å². The van der Waals surface area contributed by atoms with Crippen LogP contribution in [0.5, 0.6) is 0 Å². The van der Waals surface area contributed by atoms with Crippen molar-refractivity contribution in [3.8, 4) is 0 Å². The highest BCUT2D eigenvalue weighted by Crippen LogP contribution is 2.27. The average molecular weight is 295 g/mol. The Morgan fingerprint density at radius 2 is 2.00 bits per heavy atom. The highest BCUT2D eigenvalue weighted by atomic mass is 16.1. The van der Waals surface area contributed by atoms with E-state index in [0.717, 1.165) is 30.9 Å². The van der Waals surface area contributed by atoms with Crippen molar-refractivity contribution >= 4 is 11.6 Å². The molecule has 0 aliphatic carbocycles. The SMILES string of the molecule is O=C(Nc1cccnc1C1CCCCNC1)c1ccccc1. The number of benzene rings is 1. The van der Waals surface area contributed by atoms with Crippen molar-refractivity contribution < 1.29 is 4.79 Å². The third-order valence-electron chi connectivity index (χ3n) is 4.06. The number of hydrogen-bond acceptors (Lipinski definition) is 3. The van der Waals surface area contributed by atoms with Crippen LogP contribution in [0, 0.1) is 0 Å². The number of nitrogens with zero attached hydrogens (tertiary/aromatic N) is 1. The summed E-state index contributed by atoms with van der Waals surface area (Å²) in [6.07, 6.45) is 5.31. The van der Waals surface area contributed by atoms with Gasteiger partial charge in [-0.2, -0.15) is 0 Å². The molecule has 2 aromatic rings. The van der Waals surface area contributed by atoms with Crippen LogP contribution in [-0.4, -0.2) is 24.0 Å². The van der Waals surface area contributed by atoms with Gasteiger partial charge in [0, 0.05) is 24.2 Å². The number of nitrogens with one attached hydrogen (secondary N) is 2. The minimum absolute atomic E-state index is 0.0866. The first-order chi connectivity index (χ1) is 10.8. The lowest BCUT2D eigenvalue weighted by Crippen LogP contribution is -2.22. The standard InChI is InChI=1S/C18H21N3O/c22-18(14-7-2-1-3-8-14)21-16-10-6-12-20-17(16)15-9-4-5-11-19-13-15/h1-3,6-8,10,12,15,19H,4-5,9,11,13H2,(H,21,22). The Balaban J connectivity index is 1.80. The summed E-state index contributed by atoms with van der Waals surface area (Å²) in [5.74, 6) is 0.270. The van der Waals surface area contributed by atoms with Crippen LogP contribution in [0.2, 0.25) is 0 Å². The fourth-order valence-electron chi connectivity index (χ4n) is 2.89. The van der Waals surface area contributed by atoms with Gasteiger partial charge in [-0.1, -0.05) is 24.6 Å². The van der Waals surface area contributed by atoms with Gasteiger partial charge in [0.05, 0.1) is 11.4 Å². The fourth-order valence-corrected chi connectivity index (χ4v) is 2.89. The summed E-state index contributed by atoms with van der Waals surface area (Å²) in [5, 5.41) is 6.47. The molecule has 2 N–H and O–H groups in total. The largest absolute Gasteiger partial charge is 0.320 e. The minimum atomic E-state index is -0.0866. The van der Waals surface area contributed by atoms with E-state index in [0.29, 0.717) is 11.5 Å². The molecule has 1 fully saturated rings. The third kappa shape index (κ3) is 3.52. The molecule has 0 radical (unpaired) electrons. The molecule has 114 valence electrons. The molecule has 4 heteroatoms. The average Bonchev–Trinajstić information content (AvgIpc) is 2.85. The minimum Gasteiger partial charge on any atom is -0.320 e. The van der Waals surface area contributed by atoms with E-state index < -0.39 is 0 Å². The number of pyridine rings is 1. The van der Waals surface area contributed by atoms with E-state index in [1.165, 1.54) is 12.8 Å². The molecule has 1 saturated heterocycles. The zero-order valence-corrected chi connectivity index (χ0v) is 12.6. The molecule has 0 bridgehead atoms. The Morgan fingerprint density at radius 1 is 1.14 bits per heavy atom. The first-order valence-electron chi connectivity index (χ1n) is 7.86. The van der Waals surface area contributed by atoms with Crippen LogP contribution in [0.3, 0.4) is 0 Å². The predicted octanol–water partition coefficient (Wildman–Crippen LogP) is 3.19. The van der Waals surface area contributed by atoms with E-state index in [4.69, 9.17) is 0 Å². The van der Waals surface area contributed by atoms with Crippen molar-refractivity contribution in [2.24, 2.45) is 0 Å². The van der Waals surface area contributed by atoms with Crippen LogP contribution >= 0.6 is 0 Å². The van der Waals surface area contributed by atoms with Crippen molar-refractivity contribution in [1.82, 2.24) is 10.3 Å². The molecule has 22 heavy (non-hydrogen) atoms. The van der Waals surface area contributed by atoms with Gasteiger partial charge in [-0.3, -0.25) is 9.78 Å². The molecule has 1 aromatic heterocycles. The van der Waals surface area contributed by atoms with Crippen molar-refractivity contribution in [1.29, 1.82) is 0 Å². The van der Waals surface area contributed by atoms with Gasteiger partial charge in [0.25, 0.3) is 5.91 Å². The molecular formula is C18H21N3O. The molecule has 1 unspecified atom stereocenters. The monoisotopic (exact) mass is 295 g/mol. The lowest BCUT2D eigenvalue weighted by atomic mass is 9.97. The maximum Gasteiger partial charge on any atom is 0.255 e. The molecule has 1 aromatic carbocycles. The molecule has 0 spiro atoms. The highest BCUT2D eigenvalue weighted by molar-refractivity contribution is 6.04. The van der Waals surface area contributed by atoms with Crippen LogP contribution in [-0.2, 0) is 0 Å². The molecular weight excluding hydrogens is 274 g/mol. The molecule has 3 rings (SSSR count). The van der Waals surface area contributed by atoms with E-state index in [2.05, 4.69) is 15.6 Å². The Morgan fingerprint density at radius 3 is 2.86 bits per heavy atom. The van der Waals surface area contributed by atoms with Gasteiger partial charge in [0.15, 0.2) is 0 Å². The highest BCUT2D eigenvalue weighted by Gasteiger charge is 2.19. The van der Waals surface area contributed by atoms with Crippen molar-refractivity contribution in [2.75, 3.05) is 18.4 Å². The van der Waals surface area contributed by atoms with E-state index in [1.54, 1.807) is 6.20 Å². The lowest BCUT2D eigenvalue weighted by molar-refractivity contribution is 0.102. The predicted molar refractivity (Wildman–Crippen MR) is 88.1 cm³/mol. The van der Waals surface area contributed by atoms with Crippen LogP contribution < -0.4 is 10.6 Å². The van der Waals surface area contributed by atoms with Gasteiger partial charge >= 0.3 is 0 Å². The van der Waals surface area contributed by atoms with Crippen molar-refractivity contribution in [3.63, 3.8) is 0 Å². The normalized spacial score (nSPS) is 18.5. The van der Waals surface area contributed by atoms with Gasteiger partial charge in [0.1, 0.15) is 0 Å². The number of carbonyl (C=O) groups is 1. The molecule has 2 heterocycles.